The number of isocyanates is 2. The minimum absolute atomic E-state index is 0.582. The Bertz CT molecular complexity index is 414. The van der Waals surface area contributed by atoms with Crippen molar-refractivity contribution in [3.63, 3.8) is 0 Å². The Morgan fingerprint density at radius 2 is 1.85 bits per heavy atom. The molecule has 13 heavy (non-hydrogen) atoms. The summed E-state index contributed by atoms with van der Waals surface area (Å²) in [7, 11) is 0. The van der Waals surface area contributed by atoms with Gasteiger partial charge in [0.15, 0.2) is 0 Å². The molecule has 0 aliphatic heterocycles. The molecule has 0 bridgehead atoms. The van der Waals surface area contributed by atoms with Crippen molar-refractivity contribution < 1.29 is 19.6 Å². The van der Waals surface area contributed by atoms with E-state index >= 15 is 0 Å². The molecule has 2 N–H and O–H groups in total. The predicted octanol–water partition coefficient (Wildman–Crippen LogP) is -1.91. The van der Waals surface area contributed by atoms with Gasteiger partial charge in [-0.05, 0) is 13.0 Å². The minimum atomic E-state index is 0.582. The third-order valence-corrected chi connectivity index (χ3v) is 1.62. The molecular formula is C9H8N2O2+2. The van der Waals surface area contributed by atoms with Gasteiger partial charge in [0.1, 0.15) is 0 Å². The molecule has 0 spiro atoms. The maximum atomic E-state index is 10.1. The molecule has 0 aromatic heterocycles. The van der Waals surface area contributed by atoms with Crippen LogP contribution in [0.3, 0.4) is 0 Å². The lowest BCUT2D eigenvalue weighted by Gasteiger charge is -1.89. The molecule has 0 amide bonds. The number of rotatable bonds is 2. The fourth-order valence-electron chi connectivity index (χ4n) is 0.948. The Morgan fingerprint density at radius 1 is 1.15 bits per heavy atom. The maximum absolute atomic E-state index is 10.1. The number of aryl methyl sites for hydroxylation is 1. The summed E-state index contributed by atoms with van der Waals surface area (Å²) in [5.41, 5.74) is 2.10. The highest BCUT2D eigenvalue weighted by atomic mass is 16.1. The van der Waals surface area contributed by atoms with Crippen LogP contribution in [0.15, 0.2) is 18.2 Å². The molecule has 0 saturated carbocycles. The molecular weight excluding hydrogens is 168 g/mol. The topological polar surface area (TPSA) is 62.1 Å². The van der Waals surface area contributed by atoms with Gasteiger partial charge in [-0.15, -0.1) is 9.98 Å². The Hall–Kier alpha value is -2.02. The molecule has 1 aromatic carbocycles. The number of carbonyl (C=O) groups excluding carboxylic acids is 2. The summed E-state index contributed by atoms with van der Waals surface area (Å²) in [4.78, 5) is 24.8. The predicted molar refractivity (Wildman–Crippen MR) is 43.8 cm³/mol. The Balaban J connectivity index is 3.25. The normalized spacial score (nSPS) is 8.38. The Labute approximate surface area is 74.6 Å². The van der Waals surface area contributed by atoms with Gasteiger partial charge in [0.05, 0.1) is 6.07 Å². The van der Waals surface area contributed by atoms with E-state index in [4.69, 9.17) is 0 Å². The zero-order valence-electron chi connectivity index (χ0n) is 7.05. The first-order chi connectivity index (χ1) is 6.27. The van der Waals surface area contributed by atoms with E-state index in [1.54, 1.807) is 30.4 Å². The van der Waals surface area contributed by atoms with Crippen molar-refractivity contribution in [3.05, 3.63) is 23.8 Å². The molecule has 4 nitrogen and oxygen atoms in total. The van der Waals surface area contributed by atoms with Crippen molar-refractivity contribution in [2.45, 2.75) is 6.92 Å². The highest BCUT2D eigenvalue weighted by molar-refractivity contribution is 5.49. The summed E-state index contributed by atoms with van der Waals surface area (Å²) in [6, 6.07) is 5.13. The average Bonchev–Trinajstić information content (AvgIpc) is 2.12. The highest BCUT2D eigenvalue weighted by Crippen LogP contribution is 2.10. The molecule has 0 fully saturated rings. The number of nitrogens with one attached hydrogen (secondary N) is 2. The second-order valence-electron chi connectivity index (χ2n) is 2.48. The molecule has 1 rings (SSSR count). The van der Waals surface area contributed by atoms with Gasteiger partial charge >= 0.3 is 12.2 Å². The second kappa shape index (κ2) is 4.12. The number of hydrogen-bond donors (Lipinski definition) is 2. The fraction of sp³-hybridized carbons (Fsp3) is 0.111. The van der Waals surface area contributed by atoms with Gasteiger partial charge in [-0.3, -0.25) is 0 Å². The summed E-state index contributed by atoms with van der Waals surface area (Å²) in [6.45, 7) is 1.84. The molecule has 0 radical (unpaired) electrons. The van der Waals surface area contributed by atoms with E-state index < -0.39 is 0 Å². The van der Waals surface area contributed by atoms with Crippen LogP contribution in [0, 0.1) is 6.92 Å². The van der Waals surface area contributed by atoms with Crippen LogP contribution in [-0.4, -0.2) is 12.2 Å². The van der Waals surface area contributed by atoms with Crippen LogP contribution in [0.25, 0.3) is 0 Å². The monoisotopic (exact) mass is 176 g/mol. The van der Waals surface area contributed by atoms with E-state index in [0.717, 1.165) is 5.56 Å². The summed E-state index contributed by atoms with van der Waals surface area (Å²) in [5, 5.41) is 0. The first-order valence-electron chi connectivity index (χ1n) is 3.65. The van der Waals surface area contributed by atoms with Crippen molar-refractivity contribution in [1.82, 2.24) is 0 Å². The molecule has 0 heterocycles. The van der Waals surface area contributed by atoms with Gasteiger partial charge in [-0.1, -0.05) is 0 Å². The lowest BCUT2D eigenvalue weighted by Crippen LogP contribution is -2.62. The van der Waals surface area contributed by atoms with E-state index in [1.807, 2.05) is 6.92 Å². The van der Waals surface area contributed by atoms with E-state index in [9.17, 15) is 9.59 Å². The summed E-state index contributed by atoms with van der Waals surface area (Å²) >= 11 is 0. The SMILES string of the molecule is Cc1ccc([NH+]=C=O)cc1[NH+]=C=O. The van der Waals surface area contributed by atoms with Crippen molar-refractivity contribution in [1.29, 1.82) is 0 Å². The van der Waals surface area contributed by atoms with E-state index in [2.05, 4.69) is 9.98 Å². The highest BCUT2D eigenvalue weighted by Gasteiger charge is 2.06. The second-order valence-corrected chi connectivity index (χ2v) is 2.48. The third kappa shape index (κ3) is 2.20. The van der Waals surface area contributed by atoms with Crippen LogP contribution < -0.4 is 9.98 Å². The van der Waals surface area contributed by atoms with E-state index in [-0.39, 0.29) is 0 Å². The molecule has 4 heteroatoms. The van der Waals surface area contributed by atoms with Crippen molar-refractivity contribution in [3.8, 4) is 0 Å². The summed E-state index contributed by atoms with van der Waals surface area (Å²) < 4.78 is 0. The van der Waals surface area contributed by atoms with Crippen LogP contribution in [-0.2, 0) is 9.59 Å². The van der Waals surface area contributed by atoms with Gasteiger partial charge in [-0.2, -0.15) is 9.59 Å². The van der Waals surface area contributed by atoms with Crippen LogP contribution in [0.2, 0.25) is 0 Å². The minimum Gasteiger partial charge on any atom is -0.159 e. The molecule has 0 atom stereocenters. The number of benzene rings is 1. The van der Waals surface area contributed by atoms with Crippen molar-refractivity contribution in [2.75, 3.05) is 0 Å². The standard InChI is InChI=1S/C9H6N2O2/c1-7-2-3-8(10-5-12)4-9(7)11-6-13/h2-4H,1H3/p+2. The molecule has 0 saturated heterocycles. The van der Waals surface area contributed by atoms with Crippen LogP contribution >= 0.6 is 0 Å². The molecule has 0 aliphatic rings. The van der Waals surface area contributed by atoms with Gasteiger partial charge < -0.3 is 0 Å². The lowest BCUT2D eigenvalue weighted by molar-refractivity contribution is -0.360. The molecule has 0 aliphatic carbocycles. The van der Waals surface area contributed by atoms with Crippen LogP contribution in [0.5, 0.6) is 0 Å². The molecule has 64 valence electrons. The van der Waals surface area contributed by atoms with Crippen LogP contribution in [0.1, 0.15) is 5.56 Å². The van der Waals surface area contributed by atoms with Gasteiger partial charge in [0.25, 0.3) is 0 Å². The first kappa shape index (κ1) is 9.07. The largest absolute Gasteiger partial charge is 0.428 e. The average molecular weight is 176 g/mol. The zero-order chi connectivity index (χ0) is 9.68. The molecule has 0 unspecified atom stereocenters. The molecule has 1 aromatic rings. The fourth-order valence-corrected chi connectivity index (χ4v) is 0.948. The van der Waals surface area contributed by atoms with Gasteiger partial charge in [0, 0.05) is 11.6 Å². The zero-order valence-corrected chi connectivity index (χ0v) is 7.05. The van der Waals surface area contributed by atoms with Gasteiger partial charge in [-0.25, -0.2) is 0 Å². The van der Waals surface area contributed by atoms with Crippen molar-refractivity contribution >= 4 is 23.5 Å². The van der Waals surface area contributed by atoms with Crippen molar-refractivity contribution in [2.24, 2.45) is 0 Å². The maximum Gasteiger partial charge on any atom is 0.428 e. The first-order valence-corrected chi connectivity index (χ1v) is 3.65. The Morgan fingerprint density at radius 3 is 2.46 bits per heavy atom. The van der Waals surface area contributed by atoms with E-state index in [0.29, 0.717) is 11.4 Å². The van der Waals surface area contributed by atoms with E-state index in [1.165, 1.54) is 0 Å². The lowest BCUT2D eigenvalue weighted by atomic mass is 10.2. The summed E-state index contributed by atoms with van der Waals surface area (Å²) in [6.07, 6.45) is 3.11. The third-order valence-electron chi connectivity index (χ3n) is 1.62. The van der Waals surface area contributed by atoms with Gasteiger partial charge in [0.2, 0.25) is 11.4 Å². The summed E-state index contributed by atoms with van der Waals surface area (Å²) in [5.74, 6) is 0. The smallest absolute Gasteiger partial charge is 0.159 e. The number of hydrogen-bond acceptors (Lipinski definition) is 2. The Kier molecular flexibility index (Phi) is 2.87. The quantitative estimate of drug-likeness (QED) is 0.408. The van der Waals surface area contributed by atoms with Crippen LogP contribution in [0.4, 0.5) is 11.4 Å².